The lowest BCUT2D eigenvalue weighted by atomic mass is 10.1. The molecule has 0 amide bonds. The van der Waals surface area contributed by atoms with Gasteiger partial charge in [-0.15, -0.1) is 0 Å². The van der Waals surface area contributed by atoms with E-state index in [-0.39, 0.29) is 16.6 Å². The van der Waals surface area contributed by atoms with Crippen molar-refractivity contribution in [1.29, 1.82) is 0 Å². The molecule has 0 aromatic heterocycles. The molecule has 1 heterocycles. The summed E-state index contributed by atoms with van der Waals surface area (Å²) >= 11 is 3.00. The average molecular weight is 346 g/mol. The SMILES string of the molecule is C[C@@H]1CN(c2ccc(Br)c(F)c2[N+](=O)[O-])C[C@H](C)N1C. The van der Waals surface area contributed by atoms with Gasteiger partial charge in [0.1, 0.15) is 5.69 Å². The maximum Gasteiger partial charge on any atom is 0.329 e. The van der Waals surface area contributed by atoms with Gasteiger partial charge >= 0.3 is 5.69 Å². The number of piperazine rings is 1. The topological polar surface area (TPSA) is 49.6 Å². The first-order chi connectivity index (χ1) is 9.32. The van der Waals surface area contributed by atoms with Gasteiger partial charge in [0.2, 0.25) is 5.82 Å². The summed E-state index contributed by atoms with van der Waals surface area (Å²) in [5.74, 6) is -0.813. The Kier molecular flexibility index (Phi) is 4.29. The van der Waals surface area contributed by atoms with Crippen molar-refractivity contribution in [3.8, 4) is 0 Å². The molecule has 1 aliphatic heterocycles. The second-order valence-electron chi connectivity index (χ2n) is 5.25. The zero-order valence-electron chi connectivity index (χ0n) is 11.6. The van der Waals surface area contributed by atoms with Crippen molar-refractivity contribution in [3.05, 3.63) is 32.5 Å². The smallest absolute Gasteiger partial charge is 0.329 e. The molecule has 5 nitrogen and oxygen atoms in total. The van der Waals surface area contributed by atoms with Crippen LogP contribution in [0.2, 0.25) is 0 Å². The van der Waals surface area contributed by atoms with Crippen molar-refractivity contribution in [2.75, 3.05) is 25.0 Å². The van der Waals surface area contributed by atoms with Crippen LogP contribution in [0.25, 0.3) is 0 Å². The lowest BCUT2D eigenvalue weighted by Crippen LogP contribution is -2.55. The second-order valence-corrected chi connectivity index (χ2v) is 6.11. The summed E-state index contributed by atoms with van der Waals surface area (Å²) in [7, 11) is 2.03. The molecule has 0 aliphatic carbocycles. The van der Waals surface area contributed by atoms with Crippen molar-refractivity contribution < 1.29 is 9.31 Å². The van der Waals surface area contributed by atoms with Crippen molar-refractivity contribution >= 4 is 27.3 Å². The zero-order valence-corrected chi connectivity index (χ0v) is 13.2. The monoisotopic (exact) mass is 345 g/mol. The van der Waals surface area contributed by atoms with E-state index in [1.165, 1.54) is 6.07 Å². The fourth-order valence-electron chi connectivity index (χ4n) is 2.56. The molecule has 1 fully saturated rings. The molecule has 1 aromatic rings. The van der Waals surface area contributed by atoms with E-state index in [2.05, 4.69) is 34.7 Å². The number of nitro benzene ring substituents is 1. The van der Waals surface area contributed by atoms with Gasteiger partial charge in [-0.1, -0.05) is 0 Å². The standard InChI is InChI=1S/C13H17BrFN3O2/c1-8-6-17(7-9(2)16(8)3)11-5-4-10(14)12(15)13(11)18(19)20/h4-5,8-9H,6-7H2,1-3H3/t8-,9+. The third-order valence-corrected chi connectivity index (χ3v) is 4.54. The van der Waals surface area contributed by atoms with Crippen LogP contribution in [0, 0.1) is 15.9 Å². The molecule has 0 bridgehead atoms. The number of anilines is 1. The van der Waals surface area contributed by atoms with Crippen molar-refractivity contribution in [1.82, 2.24) is 4.90 Å². The molecule has 0 saturated carbocycles. The summed E-state index contributed by atoms with van der Waals surface area (Å²) in [6, 6.07) is 3.64. The Bertz CT molecular complexity index is 529. The molecule has 0 N–H and O–H groups in total. The van der Waals surface area contributed by atoms with Gasteiger partial charge < -0.3 is 4.90 Å². The number of likely N-dealkylation sites (N-methyl/N-ethyl adjacent to an activating group) is 1. The number of hydrogen-bond donors (Lipinski definition) is 0. The summed E-state index contributed by atoms with van der Waals surface area (Å²) in [5.41, 5.74) is -0.106. The number of rotatable bonds is 2. The largest absolute Gasteiger partial charge is 0.363 e. The van der Waals surface area contributed by atoms with Crippen LogP contribution in [0.5, 0.6) is 0 Å². The van der Waals surface area contributed by atoms with Crippen LogP contribution in [-0.2, 0) is 0 Å². The maximum atomic E-state index is 14.0. The Hall–Kier alpha value is -1.21. The minimum Gasteiger partial charge on any atom is -0.363 e. The third-order valence-electron chi connectivity index (χ3n) is 3.93. The summed E-state index contributed by atoms with van der Waals surface area (Å²) in [6.45, 7) is 5.40. The van der Waals surface area contributed by atoms with E-state index < -0.39 is 16.4 Å². The summed E-state index contributed by atoms with van der Waals surface area (Å²) in [4.78, 5) is 14.6. The lowest BCUT2D eigenvalue weighted by Gasteiger charge is -2.43. The van der Waals surface area contributed by atoms with Gasteiger partial charge in [0.05, 0.1) is 9.40 Å². The van der Waals surface area contributed by atoms with Gasteiger partial charge in [0.15, 0.2) is 0 Å². The molecule has 1 saturated heterocycles. The number of nitro groups is 1. The van der Waals surface area contributed by atoms with Crippen molar-refractivity contribution in [2.45, 2.75) is 25.9 Å². The van der Waals surface area contributed by atoms with E-state index in [1.807, 2.05) is 11.9 Å². The summed E-state index contributed by atoms with van der Waals surface area (Å²) < 4.78 is 14.1. The molecule has 0 radical (unpaired) electrons. The number of nitrogens with zero attached hydrogens (tertiary/aromatic N) is 3. The van der Waals surface area contributed by atoms with Crippen LogP contribution in [0.1, 0.15) is 13.8 Å². The van der Waals surface area contributed by atoms with Gasteiger partial charge in [-0.2, -0.15) is 4.39 Å². The minimum absolute atomic E-state index is 0.114. The lowest BCUT2D eigenvalue weighted by molar-refractivity contribution is -0.386. The van der Waals surface area contributed by atoms with Crippen LogP contribution in [0.4, 0.5) is 15.8 Å². The van der Waals surface area contributed by atoms with Crippen LogP contribution in [0.15, 0.2) is 16.6 Å². The van der Waals surface area contributed by atoms with E-state index >= 15 is 0 Å². The highest BCUT2D eigenvalue weighted by atomic mass is 79.9. The third kappa shape index (κ3) is 2.64. The molecule has 2 atom stereocenters. The number of halogens is 2. The van der Waals surface area contributed by atoms with Gasteiger partial charge in [0.25, 0.3) is 0 Å². The molecular formula is C13H17BrFN3O2. The van der Waals surface area contributed by atoms with E-state index in [0.29, 0.717) is 18.8 Å². The normalized spacial score (nSPS) is 23.9. The Labute approximate surface area is 125 Å². The minimum atomic E-state index is -0.813. The Morgan fingerprint density at radius 3 is 2.40 bits per heavy atom. The van der Waals surface area contributed by atoms with Crippen LogP contribution < -0.4 is 4.90 Å². The quantitative estimate of drug-likeness (QED) is 0.610. The predicted octanol–water partition coefficient (Wildman–Crippen LogP) is 3.03. The number of hydrogen-bond acceptors (Lipinski definition) is 4. The predicted molar refractivity (Wildman–Crippen MR) is 79.7 cm³/mol. The van der Waals surface area contributed by atoms with Crippen LogP contribution >= 0.6 is 15.9 Å². The van der Waals surface area contributed by atoms with Gasteiger partial charge in [-0.05, 0) is 49.0 Å². The first-order valence-electron chi connectivity index (χ1n) is 6.42. The Morgan fingerprint density at radius 1 is 1.35 bits per heavy atom. The fourth-order valence-corrected chi connectivity index (χ4v) is 2.88. The van der Waals surface area contributed by atoms with E-state index in [9.17, 15) is 14.5 Å². The Balaban J connectivity index is 2.43. The highest BCUT2D eigenvalue weighted by Gasteiger charge is 2.32. The summed E-state index contributed by atoms with van der Waals surface area (Å²) in [6.07, 6.45) is 0. The highest BCUT2D eigenvalue weighted by Crippen LogP contribution is 2.36. The molecule has 20 heavy (non-hydrogen) atoms. The molecular weight excluding hydrogens is 329 g/mol. The van der Waals surface area contributed by atoms with Crippen molar-refractivity contribution in [2.24, 2.45) is 0 Å². The van der Waals surface area contributed by atoms with Crippen LogP contribution in [0.3, 0.4) is 0 Å². The first kappa shape index (κ1) is 15.2. The van der Waals surface area contributed by atoms with Gasteiger partial charge in [-0.25, -0.2) is 0 Å². The molecule has 0 unspecified atom stereocenters. The van der Waals surface area contributed by atoms with Gasteiger partial charge in [-0.3, -0.25) is 15.0 Å². The molecule has 1 aliphatic rings. The fraction of sp³-hybridized carbons (Fsp3) is 0.538. The molecule has 2 rings (SSSR count). The molecule has 1 aromatic carbocycles. The van der Waals surface area contributed by atoms with Crippen LogP contribution in [-0.4, -0.2) is 42.0 Å². The second kappa shape index (κ2) is 5.65. The summed E-state index contributed by atoms with van der Waals surface area (Å²) in [5, 5.41) is 11.2. The average Bonchev–Trinajstić information content (AvgIpc) is 2.37. The van der Waals surface area contributed by atoms with Gasteiger partial charge in [0, 0.05) is 25.2 Å². The van der Waals surface area contributed by atoms with E-state index in [0.717, 1.165) is 0 Å². The van der Waals surface area contributed by atoms with E-state index in [1.54, 1.807) is 6.07 Å². The maximum absolute atomic E-state index is 14.0. The Morgan fingerprint density at radius 2 is 1.90 bits per heavy atom. The molecule has 110 valence electrons. The van der Waals surface area contributed by atoms with Crippen molar-refractivity contribution in [3.63, 3.8) is 0 Å². The highest BCUT2D eigenvalue weighted by molar-refractivity contribution is 9.10. The zero-order chi connectivity index (χ0) is 15.0. The molecule has 0 spiro atoms. The first-order valence-corrected chi connectivity index (χ1v) is 7.21. The number of benzene rings is 1. The molecule has 7 heteroatoms. The van der Waals surface area contributed by atoms with E-state index in [4.69, 9.17) is 0 Å².